The van der Waals surface area contributed by atoms with Gasteiger partial charge in [-0.25, -0.2) is 8.42 Å². The van der Waals surface area contributed by atoms with E-state index >= 15 is 0 Å². The van der Waals surface area contributed by atoms with Gasteiger partial charge < -0.3 is 10.1 Å². The highest BCUT2D eigenvalue weighted by Crippen LogP contribution is 2.22. The largest absolute Gasteiger partial charge is 0.481 e. The van der Waals surface area contributed by atoms with E-state index < -0.39 is 16.1 Å². The van der Waals surface area contributed by atoms with Gasteiger partial charge in [0, 0.05) is 7.05 Å². The highest BCUT2D eigenvalue weighted by atomic mass is 32.2. The molecule has 0 heterocycles. The Morgan fingerprint density at radius 1 is 1.03 bits per heavy atom. The molecular formula is C22H30N2O4S. The van der Waals surface area contributed by atoms with Gasteiger partial charge in [-0.05, 0) is 49.6 Å². The molecule has 0 fully saturated rings. The second-order valence-corrected chi connectivity index (χ2v) is 9.13. The van der Waals surface area contributed by atoms with Gasteiger partial charge in [-0.3, -0.25) is 9.10 Å². The number of sulfonamides is 1. The maximum Gasteiger partial charge on any atom is 0.261 e. The number of amides is 1. The second kappa shape index (κ2) is 9.78. The average Bonchev–Trinajstić information content (AvgIpc) is 2.70. The monoisotopic (exact) mass is 418 g/mol. The SMILES string of the molecule is CC[C@H](Oc1ccc(N(C)S(C)(=O)=O)cc1)C(=O)N[C@@H](CC)c1ccc(C)cc1. The molecule has 1 N–H and O–H groups in total. The molecule has 0 aliphatic heterocycles. The first-order chi connectivity index (χ1) is 13.7. The summed E-state index contributed by atoms with van der Waals surface area (Å²) in [7, 11) is -1.84. The fourth-order valence-electron chi connectivity index (χ4n) is 2.90. The van der Waals surface area contributed by atoms with Crippen molar-refractivity contribution in [1.82, 2.24) is 5.32 Å². The van der Waals surface area contributed by atoms with Gasteiger partial charge in [-0.15, -0.1) is 0 Å². The topological polar surface area (TPSA) is 75.7 Å². The third-order valence-electron chi connectivity index (χ3n) is 4.84. The minimum absolute atomic E-state index is 0.0773. The summed E-state index contributed by atoms with van der Waals surface area (Å²) in [6, 6.07) is 14.7. The van der Waals surface area contributed by atoms with E-state index in [9.17, 15) is 13.2 Å². The number of hydrogen-bond acceptors (Lipinski definition) is 4. The molecule has 0 unspecified atom stereocenters. The predicted octanol–water partition coefficient (Wildman–Crippen LogP) is 3.82. The molecule has 0 aliphatic carbocycles. The Balaban J connectivity index is 2.06. The average molecular weight is 419 g/mol. The summed E-state index contributed by atoms with van der Waals surface area (Å²) in [5.41, 5.74) is 2.77. The van der Waals surface area contributed by atoms with Gasteiger partial charge in [0.05, 0.1) is 18.0 Å². The molecule has 0 bridgehead atoms. The third-order valence-corrected chi connectivity index (χ3v) is 6.05. The maximum atomic E-state index is 12.8. The van der Waals surface area contributed by atoms with Crippen molar-refractivity contribution < 1.29 is 17.9 Å². The summed E-state index contributed by atoms with van der Waals surface area (Å²) in [5.74, 6) is 0.346. The Labute approximate surface area is 173 Å². The van der Waals surface area contributed by atoms with Crippen molar-refractivity contribution in [3.8, 4) is 5.75 Å². The molecule has 7 heteroatoms. The Bertz CT molecular complexity index is 909. The van der Waals surface area contributed by atoms with E-state index in [4.69, 9.17) is 4.74 Å². The number of ether oxygens (including phenoxy) is 1. The van der Waals surface area contributed by atoms with Crippen LogP contribution in [-0.2, 0) is 14.8 Å². The summed E-state index contributed by atoms with van der Waals surface area (Å²) in [4.78, 5) is 12.8. The molecule has 2 rings (SSSR count). The van der Waals surface area contributed by atoms with Crippen molar-refractivity contribution in [1.29, 1.82) is 0 Å². The first-order valence-corrected chi connectivity index (χ1v) is 11.6. The van der Waals surface area contributed by atoms with Gasteiger partial charge in [0.2, 0.25) is 10.0 Å². The third kappa shape index (κ3) is 6.22. The number of benzene rings is 2. The van der Waals surface area contributed by atoms with E-state index in [1.807, 2.05) is 45.0 Å². The van der Waals surface area contributed by atoms with Crippen LogP contribution in [0.3, 0.4) is 0 Å². The van der Waals surface area contributed by atoms with Gasteiger partial charge in [0.1, 0.15) is 5.75 Å². The first kappa shape index (κ1) is 22.7. The van der Waals surface area contributed by atoms with Gasteiger partial charge in [-0.2, -0.15) is 0 Å². The van der Waals surface area contributed by atoms with Crippen molar-refractivity contribution >= 4 is 21.6 Å². The van der Waals surface area contributed by atoms with E-state index in [0.29, 0.717) is 17.9 Å². The first-order valence-electron chi connectivity index (χ1n) is 9.73. The molecule has 2 aromatic carbocycles. The molecule has 0 aromatic heterocycles. The summed E-state index contributed by atoms with van der Waals surface area (Å²) >= 11 is 0. The highest BCUT2D eigenvalue weighted by Gasteiger charge is 2.22. The summed E-state index contributed by atoms with van der Waals surface area (Å²) < 4.78 is 30.3. The number of hydrogen-bond donors (Lipinski definition) is 1. The number of carbonyl (C=O) groups excluding carboxylic acids is 1. The molecule has 2 aromatic rings. The Morgan fingerprint density at radius 2 is 1.62 bits per heavy atom. The van der Waals surface area contributed by atoms with Crippen LogP contribution < -0.4 is 14.4 Å². The number of aryl methyl sites for hydroxylation is 1. The smallest absolute Gasteiger partial charge is 0.261 e. The Morgan fingerprint density at radius 3 is 2.10 bits per heavy atom. The molecule has 0 radical (unpaired) electrons. The van der Waals surface area contributed by atoms with Crippen LogP contribution in [0.4, 0.5) is 5.69 Å². The lowest BCUT2D eigenvalue weighted by atomic mass is 10.0. The normalized spacial score (nSPS) is 13.4. The summed E-state index contributed by atoms with van der Waals surface area (Å²) in [6.45, 7) is 5.95. The fourth-order valence-corrected chi connectivity index (χ4v) is 3.40. The van der Waals surface area contributed by atoms with Crippen LogP contribution in [0.2, 0.25) is 0 Å². The minimum atomic E-state index is -3.33. The number of anilines is 1. The lowest BCUT2D eigenvalue weighted by Gasteiger charge is -2.23. The maximum absolute atomic E-state index is 12.8. The molecule has 0 saturated heterocycles. The van der Waals surface area contributed by atoms with Gasteiger partial charge in [0.25, 0.3) is 5.91 Å². The molecular weight excluding hydrogens is 388 g/mol. The highest BCUT2D eigenvalue weighted by molar-refractivity contribution is 7.92. The van der Waals surface area contributed by atoms with Crippen LogP contribution in [0.5, 0.6) is 5.75 Å². The van der Waals surface area contributed by atoms with Crippen molar-refractivity contribution in [3.05, 3.63) is 59.7 Å². The number of nitrogens with zero attached hydrogens (tertiary/aromatic N) is 1. The van der Waals surface area contributed by atoms with Gasteiger partial charge in [-0.1, -0.05) is 43.7 Å². The summed E-state index contributed by atoms with van der Waals surface area (Å²) in [6.07, 6.45) is 1.80. The van der Waals surface area contributed by atoms with Crippen molar-refractivity contribution in [2.45, 2.75) is 45.8 Å². The van der Waals surface area contributed by atoms with Crippen molar-refractivity contribution in [2.24, 2.45) is 0 Å². The zero-order chi connectivity index (χ0) is 21.6. The Kier molecular flexibility index (Phi) is 7.67. The predicted molar refractivity (Wildman–Crippen MR) is 117 cm³/mol. The molecule has 29 heavy (non-hydrogen) atoms. The molecule has 158 valence electrons. The van der Waals surface area contributed by atoms with Gasteiger partial charge >= 0.3 is 0 Å². The molecule has 0 spiro atoms. The van der Waals surface area contributed by atoms with Gasteiger partial charge in [0.15, 0.2) is 6.10 Å². The van der Waals surface area contributed by atoms with Crippen LogP contribution in [0, 0.1) is 6.92 Å². The molecule has 0 saturated carbocycles. The van der Waals surface area contributed by atoms with E-state index in [1.165, 1.54) is 16.9 Å². The molecule has 2 atom stereocenters. The zero-order valence-corrected chi connectivity index (χ0v) is 18.5. The molecule has 0 aliphatic rings. The van der Waals surface area contributed by atoms with Crippen LogP contribution in [-0.4, -0.2) is 33.7 Å². The zero-order valence-electron chi connectivity index (χ0n) is 17.7. The van der Waals surface area contributed by atoms with Crippen LogP contribution in [0.25, 0.3) is 0 Å². The van der Waals surface area contributed by atoms with E-state index in [1.54, 1.807) is 24.3 Å². The van der Waals surface area contributed by atoms with E-state index in [2.05, 4.69) is 5.32 Å². The standard InChI is InChI=1S/C22H30N2O4S/c1-6-20(17-10-8-16(3)9-11-17)23-22(25)21(7-2)28-19-14-12-18(13-15-19)24(4)29(5,26)27/h8-15,20-21H,6-7H2,1-5H3,(H,23,25)/t20-,21-/m0/s1. The van der Waals surface area contributed by atoms with Crippen LogP contribution in [0.1, 0.15) is 43.9 Å². The molecule has 1 amide bonds. The lowest BCUT2D eigenvalue weighted by Crippen LogP contribution is -2.39. The number of nitrogens with one attached hydrogen (secondary N) is 1. The number of carbonyl (C=O) groups is 1. The quantitative estimate of drug-likeness (QED) is 0.672. The lowest BCUT2D eigenvalue weighted by molar-refractivity contribution is -0.128. The van der Waals surface area contributed by atoms with E-state index in [-0.39, 0.29) is 11.9 Å². The van der Waals surface area contributed by atoms with Crippen LogP contribution >= 0.6 is 0 Å². The second-order valence-electron chi connectivity index (χ2n) is 7.12. The minimum Gasteiger partial charge on any atom is -0.481 e. The Hall–Kier alpha value is -2.54. The van der Waals surface area contributed by atoms with Crippen molar-refractivity contribution in [2.75, 3.05) is 17.6 Å². The fraction of sp³-hybridized carbons (Fsp3) is 0.409. The van der Waals surface area contributed by atoms with Crippen molar-refractivity contribution in [3.63, 3.8) is 0 Å². The summed E-state index contributed by atoms with van der Waals surface area (Å²) in [5, 5.41) is 3.07. The molecule has 6 nitrogen and oxygen atoms in total. The van der Waals surface area contributed by atoms with Crippen LogP contribution in [0.15, 0.2) is 48.5 Å². The van der Waals surface area contributed by atoms with E-state index in [0.717, 1.165) is 18.2 Å². The number of rotatable bonds is 9.